The lowest BCUT2D eigenvalue weighted by molar-refractivity contribution is -0.146. The first kappa shape index (κ1) is 13.9. The fourth-order valence-electron chi connectivity index (χ4n) is 3.01. The van der Waals surface area contributed by atoms with Gasteiger partial charge >= 0.3 is 5.97 Å². The topological polar surface area (TPSA) is 72.5 Å². The number of ether oxygens (including phenoxy) is 1. The van der Waals surface area contributed by atoms with Crippen LogP contribution in [0.15, 0.2) is 24.3 Å². The summed E-state index contributed by atoms with van der Waals surface area (Å²) in [5.74, 6) is 0.0946. The van der Waals surface area contributed by atoms with Crippen LogP contribution >= 0.6 is 0 Å². The lowest BCUT2D eigenvalue weighted by atomic mass is 9.57. The first-order chi connectivity index (χ1) is 9.09. The fourth-order valence-corrected chi connectivity index (χ4v) is 3.01. The number of hydrogen-bond acceptors (Lipinski definition) is 4. The molecule has 0 aromatic heterocycles. The van der Waals surface area contributed by atoms with Crippen molar-refractivity contribution in [1.82, 2.24) is 0 Å². The average molecular weight is 263 g/mol. The van der Waals surface area contributed by atoms with Crippen molar-refractivity contribution in [2.75, 3.05) is 18.9 Å². The molecule has 0 atom stereocenters. The van der Waals surface area contributed by atoms with Crippen LogP contribution in [0.1, 0.15) is 31.7 Å². The van der Waals surface area contributed by atoms with Gasteiger partial charge in [-0.15, -0.1) is 0 Å². The summed E-state index contributed by atoms with van der Waals surface area (Å²) >= 11 is 0. The maximum atomic E-state index is 11.8. The second-order valence-electron chi connectivity index (χ2n) is 5.34. The van der Waals surface area contributed by atoms with E-state index in [-0.39, 0.29) is 23.9 Å². The Bertz CT molecular complexity index is 452. The van der Waals surface area contributed by atoms with Gasteiger partial charge in [-0.25, -0.2) is 0 Å². The van der Waals surface area contributed by atoms with Crippen LogP contribution in [0.25, 0.3) is 0 Å². The van der Waals surface area contributed by atoms with Gasteiger partial charge in [0, 0.05) is 17.7 Å². The van der Waals surface area contributed by atoms with Crippen LogP contribution in [-0.2, 0) is 14.9 Å². The number of rotatable bonds is 5. The number of aliphatic hydroxyl groups excluding tert-OH is 1. The molecule has 1 fully saturated rings. The Morgan fingerprint density at radius 2 is 2.26 bits per heavy atom. The molecule has 19 heavy (non-hydrogen) atoms. The van der Waals surface area contributed by atoms with Gasteiger partial charge in [-0.05, 0) is 43.4 Å². The molecule has 0 spiro atoms. The molecule has 4 nitrogen and oxygen atoms in total. The van der Waals surface area contributed by atoms with Crippen molar-refractivity contribution in [2.45, 2.75) is 31.6 Å². The summed E-state index contributed by atoms with van der Waals surface area (Å²) in [5, 5.41) is 9.22. The second kappa shape index (κ2) is 5.61. The Hall–Kier alpha value is -1.55. The third kappa shape index (κ3) is 2.89. The summed E-state index contributed by atoms with van der Waals surface area (Å²) < 4.78 is 5.06. The highest BCUT2D eigenvalue weighted by molar-refractivity contribution is 5.72. The molecule has 0 bridgehead atoms. The Kier molecular flexibility index (Phi) is 4.10. The number of carbonyl (C=O) groups is 1. The zero-order chi connectivity index (χ0) is 13.9. The molecule has 1 saturated carbocycles. The predicted molar refractivity (Wildman–Crippen MR) is 73.6 cm³/mol. The van der Waals surface area contributed by atoms with Crippen molar-refractivity contribution in [3.05, 3.63) is 29.8 Å². The zero-order valence-corrected chi connectivity index (χ0v) is 11.3. The minimum absolute atomic E-state index is 0.174. The van der Waals surface area contributed by atoms with Crippen molar-refractivity contribution in [1.29, 1.82) is 0 Å². The number of nitrogen functional groups attached to an aromatic ring is 1. The monoisotopic (exact) mass is 263 g/mol. The lowest BCUT2D eigenvalue weighted by Crippen LogP contribution is -2.44. The van der Waals surface area contributed by atoms with Gasteiger partial charge in [-0.2, -0.15) is 0 Å². The molecule has 1 aromatic rings. The van der Waals surface area contributed by atoms with Gasteiger partial charge in [0.25, 0.3) is 0 Å². The molecule has 0 aliphatic heterocycles. The van der Waals surface area contributed by atoms with E-state index in [2.05, 4.69) is 0 Å². The molecule has 1 aromatic carbocycles. The number of nitrogens with two attached hydrogens (primary N) is 1. The molecule has 4 heteroatoms. The minimum atomic E-state index is -0.213. The number of benzene rings is 1. The van der Waals surface area contributed by atoms with Gasteiger partial charge in [0.15, 0.2) is 0 Å². The third-order valence-corrected chi connectivity index (χ3v) is 3.90. The summed E-state index contributed by atoms with van der Waals surface area (Å²) in [6, 6.07) is 7.67. The quantitative estimate of drug-likeness (QED) is 0.628. The zero-order valence-electron chi connectivity index (χ0n) is 11.3. The van der Waals surface area contributed by atoms with Crippen LogP contribution in [0.5, 0.6) is 0 Å². The maximum Gasteiger partial charge on any atom is 0.306 e. The van der Waals surface area contributed by atoms with E-state index >= 15 is 0 Å². The van der Waals surface area contributed by atoms with Crippen LogP contribution in [0.4, 0.5) is 5.69 Å². The van der Waals surface area contributed by atoms with E-state index < -0.39 is 0 Å². The van der Waals surface area contributed by atoms with E-state index in [9.17, 15) is 9.90 Å². The van der Waals surface area contributed by atoms with Gasteiger partial charge in [-0.3, -0.25) is 4.79 Å². The maximum absolute atomic E-state index is 11.8. The molecule has 1 aliphatic carbocycles. The second-order valence-corrected chi connectivity index (χ2v) is 5.34. The molecule has 0 heterocycles. The first-order valence-corrected chi connectivity index (χ1v) is 6.72. The van der Waals surface area contributed by atoms with Crippen LogP contribution in [0.3, 0.4) is 0 Å². The van der Waals surface area contributed by atoms with Gasteiger partial charge in [0.1, 0.15) is 0 Å². The summed E-state index contributed by atoms with van der Waals surface area (Å²) in [7, 11) is 0. The number of hydrogen-bond donors (Lipinski definition) is 2. The standard InChI is InChI=1S/C15H21NO3/c1-2-19-14(18)9-15(7-11(8-15)10-17)12-4-3-5-13(16)6-12/h3-6,11,17H,2,7-10,16H2,1H3. The Balaban J connectivity index is 2.19. The SMILES string of the molecule is CCOC(=O)CC1(c2cccc(N)c2)CC(CO)C1. The molecule has 2 rings (SSSR count). The number of aliphatic hydroxyl groups is 1. The smallest absolute Gasteiger partial charge is 0.306 e. The highest BCUT2D eigenvalue weighted by atomic mass is 16.5. The van der Waals surface area contributed by atoms with Crippen LogP contribution in [-0.4, -0.2) is 24.3 Å². The highest BCUT2D eigenvalue weighted by Crippen LogP contribution is 2.50. The van der Waals surface area contributed by atoms with Crippen LogP contribution in [0.2, 0.25) is 0 Å². The summed E-state index contributed by atoms with van der Waals surface area (Å²) in [5.41, 5.74) is 7.39. The van der Waals surface area contributed by atoms with Gasteiger partial charge in [0.2, 0.25) is 0 Å². The van der Waals surface area contributed by atoms with E-state index in [1.807, 2.05) is 31.2 Å². The molecular formula is C15H21NO3. The number of esters is 1. The molecular weight excluding hydrogens is 242 g/mol. The van der Waals surface area contributed by atoms with Gasteiger partial charge in [0.05, 0.1) is 13.0 Å². The van der Waals surface area contributed by atoms with E-state index in [0.29, 0.717) is 18.7 Å². The number of carbonyl (C=O) groups excluding carboxylic acids is 1. The summed E-state index contributed by atoms with van der Waals surface area (Å²) in [6.45, 7) is 2.38. The van der Waals surface area contributed by atoms with Crippen molar-refractivity contribution in [3.63, 3.8) is 0 Å². The Morgan fingerprint density at radius 3 is 2.84 bits per heavy atom. The molecule has 0 unspecified atom stereocenters. The van der Waals surface area contributed by atoms with Crippen molar-refractivity contribution in [3.8, 4) is 0 Å². The molecule has 3 N–H and O–H groups in total. The normalized spacial score (nSPS) is 25.7. The largest absolute Gasteiger partial charge is 0.466 e. The Labute approximate surface area is 113 Å². The average Bonchev–Trinajstić information content (AvgIpc) is 2.33. The molecule has 1 aliphatic rings. The van der Waals surface area contributed by atoms with E-state index in [1.54, 1.807) is 0 Å². The summed E-state index contributed by atoms with van der Waals surface area (Å²) in [4.78, 5) is 11.8. The number of anilines is 1. The summed E-state index contributed by atoms with van der Waals surface area (Å²) in [6.07, 6.45) is 1.98. The van der Waals surface area contributed by atoms with Crippen molar-refractivity contribution >= 4 is 11.7 Å². The van der Waals surface area contributed by atoms with Crippen LogP contribution < -0.4 is 5.73 Å². The van der Waals surface area contributed by atoms with E-state index in [1.165, 1.54) is 0 Å². The van der Waals surface area contributed by atoms with Gasteiger partial charge in [-0.1, -0.05) is 12.1 Å². The molecule has 0 amide bonds. The van der Waals surface area contributed by atoms with E-state index in [4.69, 9.17) is 10.5 Å². The van der Waals surface area contributed by atoms with Gasteiger partial charge < -0.3 is 15.6 Å². The minimum Gasteiger partial charge on any atom is -0.466 e. The first-order valence-electron chi connectivity index (χ1n) is 6.72. The third-order valence-electron chi connectivity index (χ3n) is 3.90. The highest BCUT2D eigenvalue weighted by Gasteiger charge is 2.46. The fraction of sp³-hybridized carbons (Fsp3) is 0.533. The predicted octanol–water partition coefficient (Wildman–Crippen LogP) is 1.86. The molecule has 0 radical (unpaired) electrons. The van der Waals surface area contributed by atoms with E-state index in [0.717, 1.165) is 18.4 Å². The molecule has 0 saturated heterocycles. The molecule has 104 valence electrons. The van der Waals surface area contributed by atoms with Crippen LogP contribution in [0, 0.1) is 5.92 Å². The Morgan fingerprint density at radius 1 is 1.53 bits per heavy atom. The van der Waals surface area contributed by atoms with Crippen molar-refractivity contribution < 1.29 is 14.6 Å². The van der Waals surface area contributed by atoms with Crippen molar-refractivity contribution in [2.24, 2.45) is 5.92 Å². The lowest BCUT2D eigenvalue weighted by Gasteiger charge is -2.47.